The minimum atomic E-state index is -0.303. The summed E-state index contributed by atoms with van der Waals surface area (Å²) >= 11 is 0. The van der Waals surface area contributed by atoms with Gasteiger partial charge in [-0.1, -0.05) is 44.5 Å². The highest BCUT2D eigenvalue weighted by molar-refractivity contribution is 6.05. The number of carbonyl (C=O) groups excluding carboxylic acids is 2. The van der Waals surface area contributed by atoms with Crippen molar-refractivity contribution in [2.75, 3.05) is 5.73 Å². The first-order valence-electron chi connectivity index (χ1n) is 10.1. The Labute approximate surface area is 174 Å². The number of nitrogens with two attached hydrogens (primary N) is 1. The van der Waals surface area contributed by atoms with Crippen molar-refractivity contribution in [2.24, 2.45) is 5.92 Å². The van der Waals surface area contributed by atoms with E-state index in [1.54, 1.807) is 23.1 Å². The second-order valence-corrected chi connectivity index (χ2v) is 7.73. The molecule has 30 heavy (non-hydrogen) atoms. The summed E-state index contributed by atoms with van der Waals surface area (Å²) < 4.78 is 5.49. The van der Waals surface area contributed by atoms with Crippen LogP contribution in [0.15, 0.2) is 42.5 Å². The summed E-state index contributed by atoms with van der Waals surface area (Å²) in [6.07, 6.45) is 1.24. The average molecular weight is 404 g/mol. The first kappa shape index (κ1) is 19.8. The maximum absolute atomic E-state index is 13.3. The fourth-order valence-electron chi connectivity index (χ4n) is 3.58. The lowest BCUT2D eigenvalue weighted by atomic mass is 10.1. The third-order valence-corrected chi connectivity index (χ3v) is 5.46. The molecule has 7 heteroatoms. The van der Waals surface area contributed by atoms with E-state index in [1.165, 1.54) is 0 Å². The van der Waals surface area contributed by atoms with E-state index in [4.69, 9.17) is 10.5 Å². The number of esters is 1. The minimum absolute atomic E-state index is 0.0316. The molecule has 4 rings (SSSR count). The van der Waals surface area contributed by atoms with E-state index in [1.807, 2.05) is 38.1 Å². The van der Waals surface area contributed by atoms with E-state index in [2.05, 4.69) is 9.97 Å². The molecule has 0 fully saturated rings. The molecule has 1 amide bonds. The summed E-state index contributed by atoms with van der Waals surface area (Å²) in [5.41, 5.74) is 8.84. The zero-order valence-corrected chi connectivity index (χ0v) is 17.1. The minimum Gasteiger partial charge on any atom is -0.426 e. The van der Waals surface area contributed by atoms with Gasteiger partial charge in [0.1, 0.15) is 11.4 Å². The van der Waals surface area contributed by atoms with E-state index in [-0.39, 0.29) is 29.4 Å². The lowest BCUT2D eigenvalue weighted by Crippen LogP contribution is -2.27. The van der Waals surface area contributed by atoms with E-state index < -0.39 is 0 Å². The van der Waals surface area contributed by atoms with Crippen molar-refractivity contribution >= 4 is 28.7 Å². The Balaban J connectivity index is 1.64. The van der Waals surface area contributed by atoms with Crippen LogP contribution in [0.5, 0.6) is 5.75 Å². The van der Waals surface area contributed by atoms with Gasteiger partial charge in [0, 0.05) is 24.9 Å². The number of carbonyl (C=O) groups is 2. The van der Waals surface area contributed by atoms with Gasteiger partial charge in [-0.15, -0.1) is 0 Å². The molecule has 2 heterocycles. The molecule has 1 aliphatic rings. The van der Waals surface area contributed by atoms with Crippen molar-refractivity contribution in [2.45, 2.75) is 39.8 Å². The van der Waals surface area contributed by atoms with Crippen LogP contribution in [0, 0.1) is 5.92 Å². The lowest BCUT2D eigenvalue weighted by Gasteiger charge is -2.16. The molecule has 3 aromatic rings. The highest BCUT2D eigenvalue weighted by Crippen LogP contribution is 2.28. The molecule has 1 atom stereocenters. The van der Waals surface area contributed by atoms with Gasteiger partial charge in [-0.3, -0.25) is 9.59 Å². The SMILES string of the molecule is CCC(C)CC(=O)Oc1ccc2nc(N)nc(C(=O)N3Cc4ccccc4C3)c2c1. The molecular formula is C23H24N4O3. The largest absolute Gasteiger partial charge is 0.426 e. The molecule has 2 aromatic carbocycles. The Hall–Kier alpha value is -3.48. The van der Waals surface area contributed by atoms with E-state index in [0.717, 1.165) is 17.5 Å². The Morgan fingerprint density at radius 3 is 2.50 bits per heavy atom. The van der Waals surface area contributed by atoms with Crippen LogP contribution in [-0.2, 0) is 17.9 Å². The summed E-state index contributed by atoms with van der Waals surface area (Å²) in [7, 11) is 0. The standard InChI is InChI=1S/C23H24N4O3/c1-3-14(2)10-20(28)30-17-8-9-19-18(11-17)21(26-23(24)25-19)22(29)27-12-15-6-4-5-7-16(15)13-27/h4-9,11,14H,3,10,12-13H2,1-2H3,(H2,24,25,26). The van der Waals surface area contributed by atoms with Crippen LogP contribution in [0.1, 0.15) is 48.3 Å². The maximum atomic E-state index is 13.3. The van der Waals surface area contributed by atoms with Crippen molar-refractivity contribution in [3.63, 3.8) is 0 Å². The van der Waals surface area contributed by atoms with Crippen LogP contribution in [0.25, 0.3) is 10.9 Å². The number of hydrogen-bond acceptors (Lipinski definition) is 6. The number of nitrogen functional groups attached to an aromatic ring is 1. The number of fused-ring (bicyclic) bond motifs is 2. The van der Waals surface area contributed by atoms with Crippen LogP contribution >= 0.6 is 0 Å². The molecular weight excluding hydrogens is 380 g/mol. The van der Waals surface area contributed by atoms with Crippen LogP contribution in [0.2, 0.25) is 0 Å². The third-order valence-electron chi connectivity index (χ3n) is 5.46. The van der Waals surface area contributed by atoms with E-state index >= 15 is 0 Å². The highest BCUT2D eigenvalue weighted by atomic mass is 16.5. The number of hydrogen-bond donors (Lipinski definition) is 1. The molecule has 1 aliphatic heterocycles. The summed E-state index contributed by atoms with van der Waals surface area (Å²) in [6.45, 7) is 5.07. The Bertz CT molecular complexity index is 1100. The summed E-state index contributed by atoms with van der Waals surface area (Å²) in [5, 5.41) is 0.513. The highest BCUT2D eigenvalue weighted by Gasteiger charge is 2.27. The van der Waals surface area contributed by atoms with Crippen LogP contribution < -0.4 is 10.5 Å². The topological polar surface area (TPSA) is 98.4 Å². The van der Waals surface area contributed by atoms with Gasteiger partial charge in [-0.05, 0) is 35.2 Å². The second kappa shape index (κ2) is 8.10. The number of amides is 1. The first-order valence-corrected chi connectivity index (χ1v) is 10.1. The normalized spacial score (nSPS) is 13.9. The fraction of sp³-hybridized carbons (Fsp3) is 0.304. The van der Waals surface area contributed by atoms with Gasteiger partial charge in [0.25, 0.3) is 5.91 Å². The van der Waals surface area contributed by atoms with E-state index in [9.17, 15) is 9.59 Å². The van der Waals surface area contributed by atoms with Crippen LogP contribution in [0.4, 0.5) is 5.95 Å². The lowest BCUT2D eigenvalue weighted by molar-refractivity contribution is -0.135. The quantitative estimate of drug-likeness (QED) is 0.514. The van der Waals surface area contributed by atoms with Gasteiger partial charge < -0.3 is 15.4 Å². The van der Waals surface area contributed by atoms with Crippen molar-refractivity contribution in [1.82, 2.24) is 14.9 Å². The summed E-state index contributed by atoms with van der Waals surface area (Å²) in [6, 6.07) is 12.9. The fourth-order valence-corrected chi connectivity index (χ4v) is 3.58. The van der Waals surface area contributed by atoms with Crippen LogP contribution in [0.3, 0.4) is 0 Å². The van der Waals surface area contributed by atoms with Crippen molar-refractivity contribution < 1.29 is 14.3 Å². The molecule has 0 aliphatic carbocycles. The van der Waals surface area contributed by atoms with Gasteiger partial charge in [-0.25, -0.2) is 9.97 Å². The smallest absolute Gasteiger partial charge is 0.311 e. The number of rotatable bonds is 5. The Morgan fingerprint density at radius 1 is 1.13 bits per heavy atom. The first-order chi connectivity index (χ1) is 14.4. The number of nitrogens with zero attached hydrogens (tertiary/aromatic N) is 3. The Morgan fingerprint density at radius 2 is 1.83 bits per heavy atom. The molecule has 0 saturated heterocycles. The van der Waals surface area contributed by atoms with Gasteiger partial charge in [-0.2, -0.15) is 0 Å². The van der Waals surface area contributed by atoms with Gasteiger partial charge in [0.15, 0.2) is 0 Å². The monoisotopic (exact) mass is 404 g/mol. The molecule has 2 N–H and O–H groups in total. The third kappa shape index (κ3) is 3.96. The molecule has 1 unspecified atom stereocenters. The van der Waals surface area contributed by atoms with Gasteiger partial charge >= 0.3 is 5.97 Å². The molecule has 0 saturated carbocycles. The van der Waals surface area contributed by atoms with Crippen LogP contribution in [-0.4, -0.2) is 26.7 Å². The molecule has 0 radical (unpaired) electrons. The average Bonchev–Trinajstić information content (AvgIpc) is 3.17. The molecule has 0 bridgehead atoms. The number of ether oxygens (including phenoxy) is 1. The zero-order chi connectivity index (χ0) is 21.3. The summed E-state index contributed by atoms with van der Waals surface area (Å²) in [4.78, 5) is 35.6. The van der Waals surface area contributed by atoms with Crippen molar-refractivity contribution in [1.29, 1.82) is 0 Å². The number of aromatic nitrogens is 2. The summed E-state index contributed by atoms with van der Waals surface area (Å²) in [5.74, 6) is 0.110. The maximum Gasteiger partial charge on any atom is 0.311 e. The molecule has 154 valence electrons. The van der Waals surface area contributed by atoms with Crippen molar-refractivity contribution in [3.05, 3.63) is 59.3 Å². The zero-order valence-electron chi connectivity index (χ0n) is 17.1. The Kier molecular flexibility index (Phi) is 5.35. The predicted octanol–water partition coefficient (Wildman–Crippen LogP) is 3.71. The molecule has 1 aromatic heterocycles. The van der Waals surface area contributed by atoms with Crippen molar-refractivity contribution in [3.8, 4) is 5.75 Å². The predicted molar refractivity (Wildman–Crippen MR) is 114 cm³/mol. The second-order valence-electron chi connectivity index (χ2n) is 7.73. The van der Waals surface area contributed by atoms with Gasteiger partial charge in [0.05, 0.1) is 5.52 Å². The molecule has 7 nitrogen and oxygen atoms in total. The van der Waals surface area contributed by atoms with E-state index in [0.29, 0.717) is 36.2 Å². The number of benzene rings is 2. The molecule has 0 spiro atoms. The van der Waals surface area contributed by atoms with Gasteiger partial charge in [0.2, 0.25) is 5.95 Å². The number of anilines is 1.